The van der Waals surface area contributed by atoms with Gasteiger partial charge in [0.1, 0.15) is 0 Å². The van der Waals surface area contributed by atoms with E-state index in [1.807, 2.05) is 22.7 Å². The van der Waals surface area contributed by atoms with Gasteiger partial charge in [-0.3, -0.25) is 0 Å². The maximum atomic E-state index is 2.63. The van der Waals surface area contributed by atoms with Crippen LogP contribution in [0.5, 0.6) is 0 Å². The summed E-state index contributed by atoms with van der Waals surface area (Å²) >= 11 is 10.4. The molecule has 0 saturated carbocycles. The second-order valence-corrected chi connectivity index (χ2v) is 34.8. The number of hydrogen-bond acceptors (Lipinski definition) is 5. The highest BCUT2D eigenvalue weighted by Gasteiger charge is 2.55. The van der Waals surface area contributed by atoms with Crippen LogP contribution in [0.4, 0.5) is 0 Å². The summed E-state index contributed by atoms with van der Waals surface area (Å²) < 4.78 is 5.98. The van der Waals surface area contributed by atoms with Gasteiger partial charge >= 0.3 is 0 Å². The third-order valence-electron chi connectivity index (χ3n) is 22.8. The summed E-state index contributed by atoms with van der Waals surface area (Å²) in [6, 6.07) is 46.7. The zero-order chi connectivity index (χ0) is 66.0. The van der Waals surface area contributed by atoms with Gasteiger partial charge in [0.25, 0.3) is 0 Å². The third kappa shape index (κ3) is 16.1. The Morgan fingerprint density at radius 2 is 0.558 bits per heavy atom. The molecule has 0 N–H and O–H groups in total. The van der Waals surface area contributed by atoms with Crippen molar-refractivity contribution >= 4 is 75.5 Å². The summed E-state index contributed by atoms with van der Waals surface area (Å²) in [5.74, 6) is 2.97. The van der Waals surface area contributed by atoms with Gasteiger partial charge < -0.3 is 0 Å². The molecule has 0 nitrogen and oxygen atoms in total. The molecule has 5 aromatic heterocycles. The van der Waals surface area contributed by atoms with E-state index in [2.05, 4.69) is 209 Å². The monoisotopic (exact) mass is 1360 g/mol. The number of fused-ring (bicyclic) bond motifs is 11. The molecule has 0 bridgehead atoms. The molecule has 0 spiro atoms. The summed E-state index contributed by atoms with van der Waals surface area (Å²) in [5.41, 5.74) is 17.1. The van der Waals surface area contributed by atoms with Crippen LogP contribution in [0.3, 0.4) is 0 Å². The van der Waals surface area contributed by atoms with E-state index < -0.39 is 10.8 Å². The summed E-state index contributed by atoms with van der Waals surface area (Å²) in [4.78, 5) is 6.03. The summed E-state index contributed by atoms with van der Waals surface area (Å²) in [7, 11) is 0. The van der Waals surface area contributed by atoms with Gasteiger partial charge in [-0.1, -0.05) is 358 Å². The Hall–Kier alpha value is -4.10. The molecule has 2 aliphatic carbocycles. The highest BCUT2D eigenvalue weighted by atomic mass is 32.1. The molecule has 0 aliphatic heterocycles. The average Bonchev–Trinajstić information content (AvgIpc) is 1.49. The van der Waals surface area contributed by atoms with Crippen LogP contribution in [0.25, 0.3) is 38.3 Å². The number of thiophene rings is 5. The van der Waals surface area contributed by atoms with E-state index in [-0.39, 0.29) is 0 Å². The molecule has 510 valence electrons. The van der Waals surface area contributed by atoms with E-state index in [0.29, 0.717) is 0 Å². The Kier molecular flexibility index (Phi) is 27.2. The van der Waals surface area contributed by atoms with Crippen molar-refractivity contribution < 1.29 is 0 Å². The minimum Gasteiger partial charge on any atom is -0.143 e. The largest absolute Gasteiger partial charge is 0.143 e. The van der Waals surface area contributed by atoms with Crippen LogP contribution in [-0.2, 0) is 36.5 Å². The van der Waals surface area contributed by atoms with E-state index in [0.717, 1.165) is 23.7 Å². The Balaban J connectivity index is 1.09. The van der Waals surface area contributed by atoms with Crippen LogP contribution in [0.1, 0.15) is 328 Å². The lowest BCUT2D eigenvalue weighted by Crippen LogP contribution is -2.29. The van der Waals surface area contributed by atoms with Crippen molar-refractivity contribution in [1.82, 2.24) is 0 Å². The normalized spacial score (nSPS) is 17.0. The maximum Gasteiger partial charge on any atom is 0.0759 e. The van der Waals surface area contributed by atoms with Crippen LogP contribution in [0.15, 0.2) is 120 Å². The van der Waals surface area contributed by atoms with Crippen molar-refractivity contribution in [3.63, 3.8) is 0 Å². The molecule has 0 amide bonds. The second kappa shape index (κ2) is 35.8. The van der Waals surface area contributed by atoms with Crippen molar-refractivity contribution in [3.8, 4) is 19.5 Å². The molecular weight excluding hydrogens is 1240 g/mol. The first-order valence-corrected chi connectivity index (χ1v) is 43.6. The van der Waals surface area contributed by atoms with Crippen LogP contribution >= 0.6 is 56.7 Å². The van der Waals surface area contributed by atoms with E-state index >= 15 is 0 Å². The molecule has 4 atom stereocenters. The van der Waals surface area contributed by atoms with Crippen LogP contribution < -0.4 is 0 Å². The molecule has 5 heteroatoms. The number of unbranched alkanes of at least 4 members (excludes halogenated alkanes) is 16. The van der Waals surface area contributed by atoms with Crippen molar-refractivity contribution in [1.29, 1.82) is 0 Å². The van der Waals surface area contributed by atoms with Gasteiger partial charge in [-0.2, -0.15) is 0 Å². The van der Waals surface area contributed by atoms with Crippen LogP contribution in [0, 0.1) is 23.7 Å². The lowest BCUT2D eigenvalue weighted by atomic mass is 9.67. The van der Waals surface area contributed by atoms with E-state index in [9.17, 15) is 0 Å². The molecule has 11 rings (SSSR count). The quantitative estimate of drug-likeness (QED) is 0.0334. The summed E-state index contributed by atoms with van der Waals surface area (Å²) in [5, 5.41) is 4.82. The molecule has 0 saturated heterocycles. The molecule has 9 aromatic rings. The first-order valence-electron chi connectivity index (χ1n) is 39.4. The smallest absolute Gasteiger partial charge is 0.0759 e. The maximum absolute atomic E-state index is 2.63. The number of hydrogen-bond donors (Lipinski definition) is 0. The Morgan fingerprint density at radius 3 is 0.916 bits per heavy atom. The van der Waals surface area contributed by atoms with E-state index in [4.69, 9.17) is 0 Å². The fourth-order valence-corrected chi connectivity index (χ4v) is 24.4. The molecule has 95 heavy (non-hydrogen) atoms. The predicted octanol–water partition coefficient (Wildman–Crippen LogP) is 30.3. The van der Waals surface area contributed by atoms with Crippen molar-refractivity contribution in [2.75, 3.05) is 0 Å². The van der Waals surface area contributed by atoms with E-state index in [1.165, 1.54) is 320 Å². The van der Waals surface area contributed by atoms with E-state index in [1.54, 1.807) is 16.7 Å². The van der Waals surface area contributed by atoms with Gasteiger partial charge in [0.2, 0.25) is 0 Å². The first kappa shape index (κ1) is 72.2. The van der Waals surface area contributed by atoms with Gasteiger partial charge in [-0.05, 0) is 122 Å². The first-order chi connectivity index (χ1) is 46.8. The lowest BCUT2D eigenvalue weighted by molar-refractivity contribution is 0.410. The van der Waals surface area contributed by atoms with Crippen LogP contribution in [-0.4, -0.2) is 0 Å². The third-order valence-corrected chi connectivity index (χ3v) is 28.8. The van der Waals surface area contributed by atoms with Crippen molar-refractivity contribution in [2.24, 2.45) is 23.7 Å². The Morgan fingerprint density at radius 1 is 0.263 bits per heavy atom. The van der Waals surface area contributed by atoms with Crippen molar-refractivity contribution in [2.45, 2.75) is 297 Å². The van der Waals surface area contributed by atoms with Gasteiger partial charge in [-0.25, -0.2) is 0 Å². The summed E-state index contributed by atoms with van der Waals surface area (Å²) in [6.45, 7) is 18.9. The minimum atomic E-state index is -0.481. The number of benzene rings is 4. The molecule has 0 fully saturated rings. The molecule has 4 aromatic carbocycles. The highest BCUT2D eigenvalue weighted by Crippen LogP contribution is 2.71. The second-order valence-electron chi connectivity index (χ2n) is 29.9. The molecule has 4 unspecified atom stereocenters. The van der Waals surface area contributed by atoms with Gasteiger partial charge in [0.05, 0.1) is 39.6 Å². The topological polar surface area (TPSA) is 0 Å². The summed E-state index contributed by atoms with van der Waals surface area (Å²) in [6.07, 6.45) is 47.5. The average molecular weight is 1360 g/mol. The van der Waals surface area contributed by atoms with Gasteiger partial charge in [0, 0.05) is 26.3 Å². The zero-order valence-electron chi connectivity index (χ0n) is 60.4. The highest BCUT2D eigenvalue weighted by molar-refractivity contribution is 7.36. The minimum absolute atomic E-state index is 0.456. The fourth-order valence-electron chi connectivity index (χ4n) is 17.5. The lowest BCUT2D eigenvalue weighted by Gasteiger charge is -2.34. The van der Waals surface area contributed by atoms with Crippen LogP contribution in [0.2, 0.25) is 0 Å². The molecular formula is C90H120S5. The zero-order valence-corrected chi connectivity index (χ0v) is 64.4. The standard InChI is InChI=1S/C90H120S5/c1-9-17-25-29-37-65(33-21-13-5)61-69-41-49-73(50-42-69)89(74-51-43-70(44-52-74)62-66(34-22-14-6)38-30-26-18-10-2)77-57-59-91-82(77)84-80(89)86-88(94-84)81-87(95-86)85-79(83-78(93-85)58-60-92-83)90(81,75-53-45-71(46-54-75)63-67(35-23-15-7)39-31-27-19-11-3)76-55-47-72(48-56-76)64-68(36-24-16-8)40-32-28-20-12-4/h41-60,65-68H,9-40,61-64H2,1-8H3. The molecule has 2 aliphatic rings. The van der Waals surface area contributed by atoms with Crippen molar-refractivity contribution in [3.05, 3.63) is 187 Å². The molecule has 0 radical (unpaired) electrons. The Bertz CT molecular complexity index is 3560. The fraction of sp³-hybridized carbons (Fsp3) is 0.556. The Labute approximate surface area is 598 Å². The SMILES string of the molecule is CCCCCCC(CCCC)Cc1ccc(C2(c3ccc(CC(CCCC)CCCCCC)cc3)c3ccsc3-c3sc4c5c(sc4c32)-c2sc3ccsc3c2C5(c2ccc(CC(CCCC)CCCCCC)cc2)c2ccc(CC(CCCC)CCCCCC)cc2)cc1. The number of rotatable bonds is 44. The molecule has 5 heterocycles. The van der Waals surface area contributed by atoms with Gasteiger partial charge in [0.15, 0.2) is 0 Å². The predicted molar refractivity (Wildman–Crippen MR) is 427 cm³/mol. The van der Waals surface area contributed by atoms with Gasteiger partial charge in [-0.15, -0.1) is 56.7 Å².